The highest BCUT2D eigenvalue weighted by Crippen LogP contribution is 2.25. The first kappa shape index (κ1) is 11.3. The van der Waals surface area contributed by atoms with Crippen molar-refractivity contribution in [1.29, 1.82) is 0 Å². The van der Waals surface area contributed by atoms with Crippen molar-refractivity contribution in [1.82, 2.24) is 10.6 Å². The summed E-state index contributed by atoms with van der Waals surface area (Å²) in [4.78, 5) is 0. The first-order valence-electron chi connectivity index (χ1n) is 4.41. The van der Waals surface area contributed by atoms with E-state index in [1.54, 1.807) is 13.2 Å². The van der Waals surface area contributed by atoms with Crippen LogP contribution in [-0.4, -0.2) is 21.2 Å². The number of rotatable bonds is 4. The van der Waals surface area contributed by atoms with E-state index in [0.717, 1.165) is 11.3 Å². The second-order valence-electron chi connectivity index (χ2n) is 2.90. The lowest BCUT2D eigenvalue weighted by molar-refractivity contribution is 0.414. The van der Waals surface area contributed by atoms with Crippen LogP contribution in [-0.2, 0) is 0 Å². The van der Waals surface area contributed by atoms with Crippen LogP contribution in [0.3, 0.4) is 0 Å². The Morgan fingerprint density at radius 1 is 1.29 bits per heavy atom. The van der Waals surface area contributed by atoms with E-state index in [0.29, 0.717) is 5.02 Å². The van der Waals surface area contributed by atoms with Crippen molar-refractivity contribution in [3.8, 4) is 5.75 Å². The van der Waals surface area contributed by atoms with Gasteiger partial charge < -0.3 is 15.4 Å². The summed E-state index contributed by atoms with van der Waals surface area (Å²) in [6.45, 7) is 0. The molecule has 0 saturated heterocycles. The molecule has 0 aliphatic rings. The average Bonchev–Trinajstić information content (AvgIpc) is 2.22. The maximum absolute atomic E-state index is 6.10. The van der Waals surface area contributed by atoms with E-state index in [4.69, 9.17) is 16.3 Å². The number of nitrogens with one attached hydrogen (secondary N) is 2. The molecule has 0 amide bonds. The van der Waals surface area contributed by atoms with E-state index in [2.05, 4.69) is 10.6 Å². The topological polar surface area (TPSA) is 33.3 Å². The number of hydrogen-bond acceptors (Lipinski definition) is 3. The molecule has 0 heterocycles. The average molecular weight is 215 g/mol. The Morgan fingerprint density at radius 2 is 1.93 bits per heavy atom. The van der Waals surface area contributed by atoms with Gasteiger partial charge in [-0.2, -0.15) is 0 Å². The molecule has 0 aromatic heterocycles. The van der Waals surface area contributed by atoms with Gasteiger partial charge in [-0.05, 0) is 26.2 Å². The van der Waals surface area contributed by atoms with Crippen molar-refractivity contribution in [2.75, 3.05) is 21.2 Å². The van der Waals surface area contributed by atoms with Gasteiger partial charge in [0.25, 0.3) is 0 Å². The normalized spacial score (nSPS) is 10.6. The molecule has 0 bridgehead atoms. The van der Waals surface area contributed by atoms with Crippen molar-refractivity contribution in [3.05, 3.63) is 28.8 Å². The molecule has 0 aliphatic heterocycles. The molecule has 1 aromatic rings. The van der Waals surface area contributed by atoms with Crippen molar-refractivity contribution < 1.29 is 4.74 Å². The second kappa shape index (κ2) is 5.20. The van der Waals surface area contributed by atoms with Gasteiger partial charge in [-0.15, -0.1) is 0 Å². The monoisotopic (exact) mass is 214 g/mol. The van der Waals surface area contributed by atoms with Gasteiger partial charge >= 0.3 is 0 Å². The zero-order chi connectivity index (χ0) is 10.6. The Morgan fingerprint density at radius 3 is 2.36 bits per heavy atom. The van der Waals surface area contributed by atoms with Crippen LogP contribution >= 0.6 is 11.6 Å². The van der Waals surface area contributed by atoms with Crippen LogP contribution < -0.4 is 15.4 Å². The summed E-state index contributed by atoms with van der Waals surface area (Å²) in [5.41, 5.74) is 1.01. The lowest BCUT2D eigenvalue weighted by atomic mass is 10.1. The zero-order valence-electron chi connectivity index (χ0n) is 8.60. The van der Waals surface area contributed by atoms with Gasteiger partial charge in [0.1, 0.15) is 5.75 Å². The van der Waals surface area contributed by atoms with E-state index >= 15 is 0 Å². The highest BCUT2D eigenvalue weighted by atomic mass is 35.5. The van der Waals surface area contributed by atoms with Crippen molar-refractivity contribution >= 4 is 11.6 Å². The summed E-state index contributed by atoms with van der Waals surface area (Å²) in [6.07, 6.45) is 0.0633. The Balaban J connectivity index is 2.98. The fourth-order valence-corrected chi connectivity index (χ4v) is 1.60. The molecule has 1 rings (SSSR count). The summed E-state index contributed by atoms with van der Waals surface area (Å²) in [5, 5.41) is 6.91. The minimum Gasteiger partial charge on any atom is -0.497 e. The first-order valence-corrected chi connectivity index (χ1v) is 4.78. The molecular weight excluding hydrogens is 200 g/mol. The van der Waals surface area contributed by atoms with Crippen LogP contribution in [0.4, 0.5) is 0 Å². The Bertz CT molecular complexity index is 300. The number of benzene rings is 1. The van der Waals surface area contributed by atoms with Gasteiger partial charge in [0.05, 0.1) is 18.3 Å². The lowest BCUT2D eigenvalue weighted by Crippen LogP contribution is -2.28. The second-order valence-corrected chi connectivity index (χ2v) is 3.31. The summed E-state index contributed by atoms with van der Waals surface area (Å²) >= 11 is 6.10. The van der Waals surface area contributed by atoms with Gasteiger partial charge in [-0.25, -0.2) is 0 Å². The summed E-state index contributed by atoms with van der Waals surface area (Å²) in [6, 6.07) is 5.64. The smallest absolute Gasteiger partial charge is 0.120 e. The molecule has 0 unspecified atom stereocenters. The highest BCUT2D eigenvalue weighted by Gasteiger charge is 2.10. The SMILES string of the molecule is CNC(NC)c1ccc(OC)cc1Cl. The quantitative estimate of drug-likeness (QED) is 0.750. The van der Waals surface area contributed by atoms with Crippen LogP contribution in [0, 0.1) is 0 Å². The molecule has 4 heteroatoms. The number of ether oxygens (including phenoxy) is 1. The van der Waals surface area contributed by atoms with Crippen LogP contribution in [0.2, 0.25) is 5.02 Å². The third kappa shape index (κ3) is 2.38. The largest absolute Gasteiger partial charge is 0.497 e. The summed E-state index contributed by atoms with van der Waals surface area (Å²) in [7, 11) is 5.38. The summed E-state index contributed by atoms with van der Waals surface area (Å²) in [5.74, 6) is 0.768. The van der Waals surface area contributed by atoms with E-state index in [1.165, 1.54) is 0 Å². The van der Waals surface area contributed by atoms with E-state index in [1.807, 2.05) is 26.2 Å². The number of hydrogen-bond donors (Lipinski definition) is 2. The minimum absolute atomic E-state index is 0.0633. The van der Waals surface area contributed by atoms with Gasteiger partial charge in [0.2, 0.25) is 0 Å². The third-order valence-electron chi connectivity index (χ3n) is 2.10. The molecule has 0 radical (unpaired) electrons. The van der Waals surface area contributed by atoms with E-state index in [9.17, 15) is 0 Å². The molecule has 0 fully saturated rings. The van der Waals surface area contributed by atoms with Gasteiger partial charge in [0.15, 0.2) is 0 Å². The molecule has 0 spiro atoms. The minimum atomic E-state index is 0.0633. The molecule has 14 heavy (non-hydrogen) atoms. The Hall–Kier alpha value is -0.770. The van der Waals surface area contributed by atoms with Gasteiger partial charge in [0, 0.05) is 5.56 Å². The fraction of sp³-hybridized carbons (Fsp3) is 0.400. The molecule has 0 aliphatic carbocycles. The molecular formula is C10H15ClN2O. The maximum Gasteiger partial charge on any atom is 0.120 e. The maximum atomic E-state index is 6.10. The van der Waals surface area contributed by atoms with E-state index in [-0.39, 0.29) is 6.17 Å². The van der Waals surface area contributed by atoms with Crippen LogP contribution in [0.25, 0.3) is 0 Å². The Labute approximate surface area is 89.4 Å². The predicted octanol–water partition coefficient (Wildman–Crippen LogP) is 1.79. The molecule has 78 valence electrons. The Kier molecular flexibility index (Phi) is 4.20. The zero-order valence-corrected chi connectivity index (χ0v) is 9.35. The van der Waals surface area contributed by atoms with Gasteiger partial charge in [-0.1, -0.05) is 17.7 Å². The van der Waals surface area contributed by atoms with E-state index < -0.39 is 0 Å². The third-order valence-corrected chi connectivity index (χ3v) is 2.42. The number of methoxy groups -OCH3 is 1. The summed E-state index contributed by atoms with van der Waals surface area (Å²) < 4.78 is 5.07. The predicted molar refractivity (Wildman–Crippen MR) is 58.9 cm³/mol. The van der Waals surface area contributed by atoms with Crippen LogP contribution in [0.1, 0.15) is 11.7 Å². The first-order chi connectivity index (χ1) is 6.72. The standard InChI is InChI=1S/C10H15ClN2O/c1-12-10(13-2)8-5-4-7(14-3)6-9(8)11/h4-6,10,12-13H,1-3H3. The number of halogens is 1. The molecule has 3 nitrogen and oxygen atoms in total. The highest BCUT2D eigenvalue weighted by molar-refractivity contribution is 6.31. The van der Waals surface area contributed by atoms with Crippen LogP contribution in [0.5, 0.6) is 5.75 Å². The van der Waals surface area contributed by atoms with Crippen molar-refractivity contribution in [2.45, 2.75) is 6.17 Å². The van der Waals surface area contributed by atoms with Crippen molar-refractivity contribution in [2.24, 2.45) is 0 Å². The van der Waals surface area contributed by atoms with Gasteiger partial charge in [-0.3, -0.25) is 0 Å². The fourth-order valence-electron chi connectivity index (χ4n) is 1.32. The van der Waals surface area contributed by atoms with Crippen molar-refractivity contribution in [3.63, 3.8) is 0 Å². The molecule has 1 aromatic carbocycles. The van der Waals surface area contributed by atoms with Crippen LogP contribution in [0.15, 0.2) is 18.2 Å². The lowest BCUT2D eigenvalue weighted by Gasteiger charge is -2.17. The molecule has 0 atom stereocenters. The molecule has 0 saturated carbocycles. The molecule has 2 N–H and O–H groups in total.